The van der Waals surface area contributed by atoms with Gasteiger partial charge in [-0.05, 0) is 24.5 Å². The molecule has 0 amide bonds. The van der Waals surface area contributed by atoms with Gasteiger partial charge in [-0.1, -0.05) is 44.6 Å². The topological polar surface area (TPSA) is 38.9 Å². The zero-order chi connectivity index (χ0) is 11.9. The number of aromatic nitrogens is 1. The Morgan fingerprint density at radius 3 is 2.59 bits per heavy atom. The summed E-state index contributed by atoms with van der Waals surface area (Å²) >= 11 is 0. The molecule has 2 nitrogen and oxygen atoms in total. The minimum absolute atomic E-state index is 0.285. The molecular formula is C15H24N2. The summed E-state index contributed by atoms with van der Waals surface area (Å²) in [5.41, 5.74) is 7.38. The average Bonchev–Trinajstić information content (AvgIpc) is 2.59. The molecule has 1 fully saturated rings. The minimum Gasteiger partial charge on any atom is -0.327 e. The normalized spacial score (nSPS) is 19.8. The van der Waals surface area contributed by atoms with Crippen LogP contribution >= 0.6 is 0 Å². The lowest BCUT2D eigenvalue weighted by atomic mass is 9.91. The smallest absolute Gasteiger partial charge is 0.0419 e. The van der Waals surface area contributed by atoms with Gasteiger partial charge in [0.05, 0.1) is 0 Å². The standard InChI is InChI=1S/C15H24N2/c16-14(12-15-9-5-6-10-17-15)11-13-7-3-1-2-4-8-13/h5-6,9-10,13-14H,1-4,7-8,11-12,16H2. The minimum atomic E-state index is 0.285. The summed E-state index contributed by atoms with van der Waals surface area (Å²) < 4.78 is 0. The summed E-state index contributed by atoms with van der Waals surface area (Å²) in [7, 11) is 0. The highest BCUT2D eigenvalue weighted by molar-refractivity contribution is 5.05. The van der Waals surface area contributed by atoms with Crippen molar-refractivity contribution in [3.8, 4) is 0 Å². The van der Waals surface area contributed by atoms with Gasteiger partial charge in [0, 0.05) is 24.4 Å². The Morgan fingerprint density at radius 1 is 1.18 bits per heavy atom. The molecule has 0 saturated heterocycles. The lowest BCUT2D eigenvalue weighted by molar-refractivity contribution is 0.386. The van der Waals surface area contributed by atoms with Crippen molar-refractivity contribution in [2.45, 2.75) is 57.4 Å². The van der Waals surface area contributed by atoms with Crippen LogP contribution in [0.3, 0.4) is 0 Å². The lowest BCUT2D eigenvalue weighted by Gasteiger charge is -2.19. The van der Waals surface area contributed by atoms with Gasteiger partial charge in [0.2, 0.25) is 0 Å². The van der Waals surface area contributed by atoms with Crippen LogP contribution in [0, 0.1) is 5.92 Å². The first-order chi connectivity index (χ1) is 8.34. The molecule has 1 aliphatic carbocycles. The van der Waals surface area contributed by atoms with E-state index in [0.29, 0.717) is 0 Å². The Morgan fingerprint density at radius 2 is 1.94 bits per heavy atom. The Labute approximate surface area is 105 Å². The number of hydrogen-bond donors (Lipinski definition) is 1. The van der Waals surface area contributed by atoms with Gasteiger partial charge in [-0.15, -0.1) is 0 Å². The van der Waals surface area contributed by atoms with Gasteiger partial charge in [-0.3, -0.25) is 4.98 Å². The summed E-state index contributed by atoms with van der Waals surface area (Å²) in [5.74, 6) is 0.858. The summed E-state index contributed by atoms with van der Waals surface area (Å²) in [6.07, 6.45) is 12.4. The van der Waals surface area contributed by atoms with E-state index >= 15 is 0 Å². The van der Waals surface area contributed by atoms with E-state index < -0.39 is 0 Å². The second-order valence-corrected chi connectivity index (χ2v) is 5.38. The van der Waals surface area contributed by atoms with Gasteiger partial charge in [0.15, 0.2) is 0 Å². The number of hydrogen-bond acceptors (Lipinski definition) is 2. The number of pyridine rings is 1. The van der Waals surface area contributed by atoms with E-state index in [-0.39, 0.29) is 6.04 Å². The molecule has 1 heterocycles. The molecule has 1 aromatic heterocycles. The molecule has 1 unspecified atom stereocenters. The van der Waals surface area contributed by atoms with Crippen LogP contribution < -0.4 is 5.73 Å². The molecule has 2 rings (SSSR count). The fraction of sp³-hybridized carbons (Fsp3) is 0.667. The first-order valence-corrected chi connectivity index (χ1v) is 7.00. The van der Waals surface area contributed by atoms with E-state index in [1.165, 1.54) is 44.9 Å². The fourth-order valence-electron chi connectivity index (χ4n) is 2.90. The molecule has 1 aromatic rings. The Kier molecular flexibility index (Phi) is 4.99. The van der Waals surface area contributed by atoms with Crippen LogP contribution in [-0.2, 0) is 6.42 Å². The molecule has 2 heteroatoms. The molecular weight excluding hydrogens is 208 g/mol. The first kappa shape index (κ1) is 12.6. The van der Waals surface area contributed by atoms with Crippen LogP contribution in [0.5, 0.6) is 0 Å². The van der Waals surface area contributed by atoms with Crippen molar-refractivity contribution in [3.05, 3.63) is 30.1 Å². The zero-order valence-electron chi connectivity index (χ0n) is 10.6. The van der Waals surface area contributed by atoms with Crippen molar-refractivity contribution < 1.29 is 0 Å². The number of rotatable bonds is 4. The molecule has 17 heavy (non-hydrogen) atoms. The third kappa shape index (κ3) is 4.47. The molecule has 0 aliphatic heterocycles. The molecule has 0 aromatic carbocycles. The van der Waals surface area contributed by atoms with Crippen molar-refractivity contribution in [2.75, 3.05) is 0 Å². The highest BCUT2D eigenvalue weighted by atomic mass is 14.7. The van der Waals surface area contributed by atoms with E-state index in [9.17, 15) is 0 Å². The van der Waals surface area contributed by atoms with E-state index in [0.717, 1.165) is 18.0 Å². The molecule has 94 valence electrons. The summed E-state index contributed by atoms with van der Waals surface area (Å²) in [6, 6.07) is 6.36. The van der Waals surface area contributed by atoms with Gasteiger partial charge >= 0.3 is 0 Å². The average molecular weight is 232 g/mol. The van der Waals surface area contributed by atoms with Gasteiger partial charge in [-0.25, -0.2) is 0 Å². The first-order valence-electron chi connectivity index (χ1n) is 7.00. The SMILES string of the molecule is NC(Cc1ccccn1)CC1CCCCCC1. The molecule has 2 N–H and O–H groups in total. The second kappa shape index (κ2) is 6.75. The van der Waals surface area contributed by atoms with E-state index in [1.54, 1.807) is 0 Å². The van der Waals surface area contributed by atoms with E-state index in [1.807, 2.05) is 18.3 Å². The van der Waals surface area contributed by atoms with Crippen LogP contribution in [0.1, 0.15) is 50.6 Å². The zero-order valence-corrected chi connectivity index (χ0v) is 10.6. The third-order valence-corrected chi connectivity index (χ3v) is 3.81. The highest BCUT2D eigenvalue weighted by Gasteiger charge is 2.16. The predicted molar refractivity (Wildman–Crippen MR) is 71.7 cm³/mol. The summed E-state index contributed by atoms with van der Waals surface area (Å²) in [4.78, 5) is 4.35. The maximum atomic E-state index is 6.25. The van der Waals surface area contributed by atoms with E-state index in [4.69, 9.17) is 5.73 Å². The predicted octanol–water partition coefficient (Wildman–Crippen LogP) is 3.31. The van der Waals surface area contributed by atoms with Gasteiger partial charge in [0.1, 0.15) is 0 Å². The van der Waals surface area contributed by atoms with Crippen molar-refractivity contribution in [3.63, 3.8) is 0 Å². The molecule has 1 aliphatic rings. The van der Waals surface area contributed by atoms with Crippen LogP contribution in [0.25, 0.3) is 0 Å². The maximum absolute atomic E-state index is 6.25. The van der Waals surface area contributed by atoms with Crippen LogP contribution in [0.2, 0.25) is 0 Å². The monoisotopic (exact) mass is 232 g/mol. The molecule has 0 radical (unpaired) electrons. The van der Waals surface area contributed by atoms with Gasteiger partial charge in [-0.2, -0.15) is 0 Å². The molecule has 0 bridgehead atoms. The van der Waals surface area contributed by atoms with Crippen LogP contribution in [0.4, 0.5) is 0 Å². The molecule has 1 saturated carbocycles. The van der Waals surface area contributed by atoms with Crippen molar-refractivity contribution in [1.82, 2.24) is 4.98 Å². The van der Waals surface area contributed by atoms with Crippen molar-refractivity contribution in [2.24, 2.45) is 11.7 Å². The maximum Gasteiger partial charge on any atom is 0.0419 e. The lowest BCUT2D eigenvalue weighted by Crippen LogP contribution is -2.26. The molecule has 0 spiro atoms. The third-order valence-electron chi connectivity index (χ3n) is 3.81. The second-order valence-electron chi connectivity index (χ2n) is 5.38. The van der Waals surface area contributed by atoms with Crippen molar-refractivity contribution >= 4 is 0 Å². The quantitative estimate of drug-likeness (QED) is 0.809. The largest absolute Gasteiger partial charge is 0.327 e. The van der Waals surface area contributed by atoms with Gasteiger partial charge in [0.25, 0.3) is 0 Å². The Hall–Kier alpha value is -0.890. The fourth-order valence-corrected chi connectivity index (χ4v) is 2.90. The van der Waals surface area contributed by atoms with Crippen LogP contribution in [-0.4, -0.2) is 11.0 Å². The Balaban J connectivity index is 1.78. The Bertz CT molecular complexity index is 302. The summed E-state index contributed by atoms with van der Waals surface area (Å²) in [6.45, 7) is 0. The number of nitrogens with zero attached hydrogens (tertiary/aromatic N) is 1. The van der Waals surface area contributed by atoms with Crippen LogP contribution in [0.15, 0.2) is 24.4 Å². The van der Waals surface area contributed by atoms with Crippen molar-refractivity contribution in [1.29, 1.82) is 0 Å². The van der Waals surface area contributed by atoms with E-state index in [2.05, 4.69) is 11.1 Å². The summed E-state index contributed by atoms with van der Waals surface area (Å²) in [5, 5.41) is 0. The van der Waals surface area contributed by atoms with Gasteiger partial charge < -0.3 is 5.73 Å². The highest BCUT2D eigenvalue weighted by Crippen LogP contribution is 2.26. The molecule has 1 atom stereocenters. The number of nitrogens with two attached hydrogens (primary N) is 1.